The van der Waals surface area contributed by atoms with E-state index in [2.05, 4.69) is 5.32 Å². The number of rotatable bonds is 7. The van der Waals surface area contributed by atoms with Crippen LogP contribution in [0.3, 0.4) is 0 Å². The average Bonchev–Trinajstić information content (AvgIpc) is 3.12. The largest absolute Gasteiger partial charge is 0.489 e. The molecule has 0 saturated carbocycles. The fourth-order valence-corrected chi connectivity index (χ4v) is 3.23. The third-order valence-electron chi connectivity index (χ3n) is 5.14. The highest BCUT2D eigenvalue weighted by atomic mass is 16.5. The first-order chi connectivity index (χ1) is 13.5. The number of carbonyl (C=O) groups excluding carboxylic acids is 1. The molecule has 2 N–H and O–H groups in total. The maximum absolute atomic E-state index is 12.2. The summed E-state index contributed by atoms with van der Waals surface area (Å²) in [4.78, 5) is 25.1. The van der Waals surface area contributed by atoms with Crippen molar-refractivity contribution in [1.29, 1.82) is 0 Å². The molecule has 2 aromatic rings. The predicted octanol–water partition coefficient (Wildman–Crippen LogP) is 3.31. The number of benzene rings is 2. The number of amides is 2. The van der Waals surface area contributed by atoms with E-state index in [9.17, 15) is 14.7 Å². The SMILES string of the molecule is CC1(C(=O)O)CCN(C(=O)NCCc2ccc(OCc3ccccc3)cc2)C1. The van der Waals surface area contributed by atoms with Crippen LogP contribution in [-0.2, 0) is 17.8 Å². The Kier molecular flexibility index (Phi) is 6.19. The molecule has 28 heavy (non-hydrogen) atoms. The lowest BCUT2D eigenvalue weighted by Crippen LogP contribution is -2.41. The second kappa shape index (κ2) is 8.78. The molecular weight excluding hydrogens is 356 g/mol. The van der Waals surface area contributed by atoms with Crippen molar-refractivity contribution in [2.24, 2.45) is 5.41 Å². The fraction of sp³-hybridized carbons (Fsp3) is 0.364. The number of aliphatic carboxylic acids is 1. The summed E-state index contributed by atoms with van der Waals surface area (Å²) in [5, 5.41) is 12.1. The van der Waals surface area contributed by atoms with Gasteiger partial charge in [-0.05, 0) is 43.0 Å². The van der Waals surface area contributed by atoms with Crippen LogP contribution in [0.4, 0.5) is 4.79 Å². The zero-order valence-corrected chi connectivity index (χ0v) is 16.1. The molecule has 2 amide bonds. The third kappa shape index (κ3) is 5.03. The van der Waals surface area contributed by atoms with E-state index >= 15 is 0 Å². The number of carboxylic acid groups (broad SMARTS) is 1. The quantitative estimate of drug-likeness (QED) is 0.770. The van der Waals surface area contributed by atoms with Gasteiger partial charge in [0.05, 0.1) is 5.41 Å². The molecule has 1 heterocycles. The van der Waals surface area contributed by atoms with Gasteiger partial charge < -0.3 is 20.1 Å². The molecule has 1 atom stereocenters. The molecule has 0 radical (unpaired) electrons. The van der Waals surface area contributed by atoms with Crippen LogP contribution in [-0.4, -0.2) is 41.6 Å². The van der Waals surface area contributed by atoms with Crippen LogP contribution in [0, 0.1) is 5.41 Å². The second-order valence-corrected chi connectivity index (χ2v) is 7.44. The van der Waals surface area contributed by atoms with Crippen LogP contribution in [0.1, 0.15) is 24.5 Å². The lowest BCUT2D eigenvalue weighted by atomic mass is 9.90. The summed E-state index contributed by atoms with van der Waals surface area (Å²) in [7, 11) is 0. The van der Waals surface area contributed by atoms with E-state index in [0.29, 0.717) is 32.5 Å². The zero-order valence-electron chi connectivity index (χ0n) is 16.1. The first-order valence-corrected chi connectivity index (χ1v) is 9.48. The van der Waals surface area contributed by atoms with Crippen molar-refractivity contribution in [1.82, 2.24) is 10.2 Å². The molecule has 1 fully saturated rings. The van der Waals surface area contributed by atoms with Crippen molar-refractivity contribution in [3.8, 4) is 5.75 Å². The summed E-state index contributed by atoms with van der Waals surface area (Å²) in [5.74, 6) is -0.0426. The number of carboxylic acids is 1. The fourth-order valence-electron chi connectivity index (χ4n) is 3.23. The van der Waals surface area contributed by atoms with Crippen molar-refractivity contribution in [3.63, 3.8) is 0 Å². The minimum atomic E-state index is -0.850. The highest BCUT2D eigenvalue weighted by Gasteiger charge is 2.42. The zero-order chi connectivity index (χ0) is 20.0. The first kappa shape index (κ1) is 19.7. The van der Waals surface area contributed by atoms with Crippen LogP contribution in [0.15, 0.2) is 54.6 Å². The molecule has 2 aromatic carbocycles. The summed E-state index contributed by atoms with van der Waals surface area (Å²) in [5.41, 5.74) is 1.38. The molecule has 1 aliphatic heterocycles. The van der Waals surface area contributed by atoms with Gasteiger partial charge >= 0.3 is 12.0 Å². The Balaban J connectivity index is 1.40. The number of urea groups is 1. The molecule has 0 spiro atoms. The normalized spacial score (nSPS) is 18.7. The molecule has 6 heteroatoms. The van der Waals surface area contributed by atoms with Crippen molar-refractivity contribution in [3.05, 3.63) is 65.7 Å². The highest BCUT2D eigenvalue weighted by molar-refractivity contribution is 5.79. The molecule has 1 aliphatic rings. The lowest BCUT2D eigenvalue weighted by Gasteiger charge is -2.20. The van der Waals surface area contributed by atoms with Gasteiger partial charge in [-0.1, -0.05) is 42.5 Å². The number of carbonyl (C=O) groups is 2. The summed E-state index contributed by atoms with van der Waals surface area (Å²) in [6, 6.07) is 17.6. The first-order valence-electron chi connectivity index (χ1n) is 9.48. The van der Waals surface area contributed by atoms with Gasteiger partial charge in [0, 0.05) is 19.6 Å². The molecule has 1 saturated heterocycles. The van der Waals surface area contributed by atoms with Crippen LogP contribution in [0.25, 0.3) is 0 Å². The van der Waals surface area contributed by atoms with Crippen LogP contribution < -0.4 is 10.1 Å². The van der Waals surface area contributed by atoms with E-state index in [1.807, 2.05) is 54.6 Å². The lowest BCUT2D eigenvalue weighted by molar-refractivity contribution is -0.147. The van der Waals surface area contributed by atoms with E-state index < -0.39 is 11.4 Å². The van der Waals surface area contributed by atoms with Gasteiger partial charge in [0.2, 0.25) is 0 Å². The smallest absolute Gasteiger partial charge is 0.317 e. The van der Waals surface area contributed by atoms with Crippen LogP contribution in [0.2, 0.25) is 0 Å². The summed E-state index contributed by atoms with van der Waals surface area (Å²) in [6.07, 6.45) is 1.19. The Morgan fingerprint density at radius 1 is 1.11 bits per heavy atom. The summed E-state index contributed by atoms with van der Waals surface area (Å²) >= 11 is 0. The van der Waals surface area contributed by atoms with Gasteiger partial charge in [-0.2, -0.15) is 0 Å². The number of ether oxygens (including phenoxy) is 1. The Bertz CT molecular complexity index is 807. The van der Waals surface area contributed by atoms with Gasteiger partial charge in [-0.3, -0.25) is 4.79 Å². The molecule has 1 unspecified atom stereocenters. The van der Waals surface area contributed by atoms with E-state index in [1.54, 1.807) is 11.8 Å². The van der Waals surface area contributed by atoms with Gasteiger partial charge in [0.15, 0.2) is 0 Å². The third-order valence-corrected chi connectivity index (χ3v) is 5.14. The number of nitrogens with one attached hydrogen (secondary N) is 1. The van der Waals surface area contributed by atoms with Crippen molar-refractivity contribution in [2.45, 2.75) is 26.4 Å². The maximum atomic E-state index is 12.2. The van der Waals surface area contributed by atoms with Crippen molar-refractivity contribution >= 4 is 12.0 Å². The van der Waals surface area contributed by atoms with Crippen LogP contribution >= 0.6 is 0 Å². The Labute approximate surface area is 165 Å². The van der Waals surface area contributed by atoms with Gasteiger partial charge in [0.25, 0.3) is 0 Å². The van der Waals surface area contributed by atoms with Crippen molar-refractivity contribution < 1.29 is 19.4 Å². The molecule has 0 aliphatic carbocycles. The molecular formula is C22H26N2O4. The monoisotopic (exact) mass is 382 g/mol. The Morgan fingerprint density at radius 3 is 2.46 bits per heavy atom. The summed E-state index contributed by atoms with van der Waals surface area (Å²) < 4.78 is 5.77. The molecule has 6 nitrogen and oxygen atoms in total. The van der Waals surface area contributed by atoms with E-state index in [4.69, 9.17) is 4.74 Å². The summed E-state index contributed by atoms with van der Waals surface area (Å²) in [6.45, 7) is 3.44. The van der Waals surface area contributed by atoms with E-state index in [0.717, 1.165) is 16.9 Å². The van der Waals surface area contributed by atoms with Crippen molar-refractivity contribution in [2.75, 3.05) is 19.6 Å². The highest BCUT2D eigenvalue weighted by Crippen LogP contribution is 2.29. The van der Waals surface area contributed by atoms with Crippen LogP contribution in [0.5, 0.6) is 5.75 Å². The number of likely N-dealkylation sites (tertiary alicyclic amines) is 1. The minimum absolute atomic E-state index is 0.201. The molecule has 3 rings (SSSR count). The maximum Gasteiger partial charge on any atom is 0.317 e. The van der Waals surface area contributed by atoms with E-state index in [-0.39, 0.29) is 12.6 Å². The minimum Gasteiger partial charge on any atom is -0.489 e. The molecule has 148 valence electrons. The Morgan fingerprint density at radius 2 is 1.82 bits per heavy atom. The average molecular weight is 382 g/mol. The topological polar surface area (TPSA) is 78.9 Å². The predicted molar refractivity (Wildman–Crippen MR) is 106 cm³/mol. The molecule has 0 aromatic heterocycles. The second-order valence-electron chi connectivity index (χ2n) is 7.44. The standard InChI is InChI=1S/C22H26N2O4/c1-22(20(25)26)12-14-24(16-22)21(27)23-13-11-17-7-9-19(10-8-17)28-15-18-5-3-2-4-6-18/h2-10H,11-16H2,1H3,(H,23,27)(H,25,26). The Hall–Kier alpha value is -3.02. The number of hydrogen-bond acceptors (Lipinski definition) is 3. The van der Waals surface area contributed by atoms with Gasteiger partial charge in [-0.15, -0.1) is 0 Å². The van der Waals surface area contributed by atoms with Gasteiger partial charge in [0.1, 0.15) is 12.4 Å². The number of hydrogen-bond donors (Lipinski definition) is 2. The molecule has 0 bridgehead atoms. The van der Waals surface area contributed by atoms with E-state index in [1.165, 1.54) is 0 Å². The van der Waals surface area contributed by atoms with Gasteiger partial charge in [-0.25, -0.2) is 4.79 Å². The number of nitrogens with zero attached hydrogens (tertiary/aromatic N) is 1.